The molecule has 0 aliphatic heterocycles. The van der Waals surface area contributed by atoms with E-state index in [-0.39, 0.29) is 0 Å². The lowest BCUT2D eigenvalue weighted by Gasteiger charge is -2.45. The summed E-state index contributed by atoms with van der Waals surface area (Å²) >= 11 is 0. The molecule has 150 valence electrons. The quantitative estimate of drug-likeness (QED) is 0.482. The number of hydrogen-bond acceptors (Lipinski definition) is 1. The Hall–Kier alpha value is -0.980. The highest BCUT2D eigenvalue weighted by Crippen LogP contribution is 2.49. The molecule has 2 fully saturated rings. The number of methoxy groups -OCH3 is 1. The summed E-state index contributed by atoms with van der Waals surface area (Å²) in [6.45, 7) is 2.33. The summed E-state index contributed by atoms with van der Waals surface area (Å²) < 4.78 is 5.42. The van der Waals surface area contributed by atoms with Crippen LogP contribution in [0, 0.1) is 29.6 Å². The van der Waals surface area contributed by atoms with E-state index < -0.39 is 0 Å². The van der Waals surface area contributed by atoms with Gasteiger partial charge in [0.15, 0.2) is 0 Å². The lowest BCUT2D eigenvalue weighted by molar-refractivity contribution is 0.0690. The van der Waals surface area contributed by atoms with Gasteiger partial charge in [0.05, 0.1) is 7.11 Å². The first-order valence-electron chi connectivity index (χ1n) is 11.9. The molecule has 0 bridgehead atoms. The average molecular weight is 369 g/mol. The first-order valence-corrected chi connectivity index (χ1v) is 11.9. The van der Waals surface area contributed by atoms with Crippen LogP contribution in [0.4, 0.5) is 0 Å². The molecule has 27 heavy (non-hydrogen) atoms. The molecule has 0 amide bonds. The molecule has 1 aromatic rings. The fraction of sp³-hybridized carbons (Fsp3) is 0.769. The van der Waals surface area contributed by atoms with Crippen LogP contribution in [0.3, 0.4) is 0 Å². The third-order valence-electron chi connectivity index (χ3n) is 8.32. The van der Waals surface area contributed by atoms with Crippen LogP contribution in [0.5, 0.6) is 5.75 Å². The molecular formula is C26H40O. The second-order valence-electron chi connectivity index (χ2n) is 9.91. The van der Waals surface area contributed by atoms with E-state index in [1.165, 1.54) is 64.2 Å². The first-order chi connectivity index (χ1) is 13.3. The molecule has 0 N–H and O–H groups in total. The fourth-order valence-corrected chi connectivity index (χ4v) is 6.68. The molecule has 5 atom stereocenters. The van der Waals surface area contributed by atoms with E-state index in [0.29, 0.717) is 0 Å². The monoisotopic (exact) mass is 368 g/mol. The summed E-state index contributed by atoms with van der Waals surface area (Å²) in [5.74, 6) is 6.16. The van der Waals surface area contributed by atoms with Crippen molar-refractivity contribution in [1.82, 2.24) is 0 Å². The second kappa shape index (κ2) is 9.01. The number of fused-ring (bicyclic) bond motifs is 2. The molecule has 1 heteroatoms. The van der Waals surface area contributed by atoms with Crippen LogP contribution < -0.4 is 4.74 Å². The molecule has 1 aromatic carbocycles. The van der Waals surface area contributed by atoms with E-state index in [9.17, 15) is 0 Å². The molecule has 0 heterocycles. The molecule has 5 unspecified atom stereocenters. The smallest absolute Gasteiger partial charge is 0.119 e. The summed E-state index contributed by atoms with van der Waals surface area (Å²) in [4.78, 5) is 0. The third kappa shape index (κ3) is 4.54. The Morgan fingerprint density at radius 3 is 2.44 bits per heavy atom. The van der Waals surface area contributed by atoms with Gasteiger partial charge in [0, 0.05) is 0 Å². The number of ether oxygens (including phenoxy) is 1. The number of unbranched alkanes of at least 4 members (excludes halogenated alkanes) is 2. The zero-order valence-corrected chi connectivity index (χ0v) is 17.7. The third-order valence-corrected chi connectivity index (χ3v) is 8.32. The van der Waals surface area contributed by atoms with Crippen molar-refractivity contribution in [2.75, 3.05) is 7.11 Å². The minimum Gasteiger partial charge on any atom is -0.497 e. The van der Waals surface area contributed by atoms with Crippen LogP contribution in [0.2, 0.25) is 0 Å². The number of hydrogen-bond donors (Lipinski definition) is 0. The van der Waals surface area contributed by atoms with Gasteiger partial charge in [-0.05, 0) is 104 Å². The van der Waals surface area contributed by atoms with E-state index >= 15 is 0 Å². The molecule has 4 rings (SSSR count). The Bertz CT molecular complexity index is 606. The van der Waals surface area contributed by atoms with Crippen LogP contribution in [-0.2, 0) is 12.8 Å². The average Bonchev–Trinajstić information content (AvgIpc) is 2.72. The van der Waals surface area contributed by atoms with Crippen LogP contribution in [0.25, 0.3) is 0 Å². The van der Waals surface area contributed by atoms with Gasteiger partial charge in [-0.15, -0.1) is 0 Å². The van der Waals surface area contributed by atoms with E-state index in [4.69, 9.17) is 4.74 Å². The minimum absolute atomic E-state index is 0.939. The number of benzene rings is 1. The van der Waals surface area contributed by atoms with Gasteiger partial charge < -0.3 is 4.74 Å². The topological polar surface area (TPSA) is 9.23 Å². The summed E-state index contributed by atoms with van der Waals surface area (Å²) in [5, 5.41) is 0. The highest BCUT2D eigenvalue weighted by atomic mass is 16.5. The maximum Gasteiger partial charge on any atom is 0.119 e. The largest absolute Gasteiger partial charge is 0.497 e. The lowest BCUT2D eigenvalue weighted by Crippen LogP contribution is -2.35. The lowest BCUT2D eigenvalue weighted by atomic mass is 9.61. The summed E-state index contributed by atoms with van der Waals surface area (Å²) in [6, 6.07) is 6.79. The molecule has 3 aliphatic carbocycles. The first kappa shape index (κ1) is 19.3. The van der Waals surface area contributed by atoms with Crippen molar-refractivity contribution in [3.05, 3.63) is 29.3 Å². The molecule has 0 spiro atoms. The summed E-state index contributed by atoms with van der Waals surface area (Å²) in [5.41, 5.74) is 3.15. The van der Waals surface area contributed by atoms with Gasteiger partial charge in [0.25, 0.3) is 0 Å². The zero-order chi connectivity index (χ0) is 18.6. The van der Waals surface area contributed by atoms with Crippen molar-refractivity contribution < 1.29 is 4.74 Å². The highest BCUT2D eigenvalue weighted by Gasteiger charge is 2.38. The van der Waals surface area contributed by atoms with Crippen molar-refractivity contribution in [3.8, 4) is 5.75 Å². The van der Waals surface area contributed by atoms with Crippen LogP contribution in [0.1, 0.15) is 88.7 Å². The van der Waals surface area contributed by atoms with Crippen molar-refractivity contribution in [3.63, 3.8) is 0 Å². The Morgan fingerprint density at radius 2 is 1.63 bits per heavy atom. The van der Waals surface area contributed by atoms with Gasteiger partial charge in [-0.1, -0.05) is 45.1 Å². The Kier molecular flexibility index (Phi) is 6.46. The van der Waals surface area contributed by atoms with Crippen LogP contribution in [-0.4, -0.2) is 7.11 Å². The SMILES string of the molecule is CCCCCC1CCC2CC(C3CCc4cc(OC)ccc4C3)CCC2C1. The molecule has 0 aromatic heterocycles. The van der Waals surface area contributed by atoms with Gasteiger partial charge in [0.2, 0.25) is 0 Å². The molecular weight excluding hydrogens is 328 g/mol. The molecule has 1 nitrogen and oxygen atoms in total. The summed E-state index contributed by atoms with van der Waals surface area (Å²) in [6.07, 6.45) is 19.0. The molecule has 0 radical (unpaired) electrons. The van der Waals surface area contributed by atoms with Crippen LogP contribution in [0.15, 0.2) is 18.2 Å². The fourth-order valence-electron chi connectivity index (χ4n) is 6.68. The Labute approximate surface area is 167 Å². The zero-order valence-electron chi connectivity index (χ0n) is 17.7. The highest BCUT2D eigenvalue weighted by molar-refractivity contribution is 5.37. The number of aryl methyl sites for hydroxylation is 1. The van der Waals surface area contributed by atoms with Gasteiger partial charge in [-0.25, -0.2) is 0 Å². The van der Waals surface area contributed by atoms with E-state index in [2.05, 4.69) is 25.1 Å². The molecule has 2 saturated carbocycles. The van der Waals surface area contributed by atoms with Gasteiger partial charge in [0.1, 0.15) is 5.75 Å². The second-order valence-corrected chi connectivity index (χ2v) is 9.91. The van der Waals surface area contributed by atoms with Crippen molar-refractivity contribution in [2.45, 2.75) is 90.4 Å². The predicted octanol–water partition coefficient (Wildman–Crippen LogP) is 7.21. The normalized spacial score (nSPS) is 33.2. The standard InChI is InChI=1S/C26H40O/c1-3-4-5-6-19-7-8-21-16-22(10-9-20(21)15-19)23-11-12-25-18-26(27-2)14-13-24(25)17-23/h13-14,18-23H,3-12,15-17H2,1-2H3. The summed E-state index contributed by atoms with van der Waals surface area (Å²) in [7, 11) is 1.78. The van der Waals surface area contributed by atoms with Gasteiger partial charge in [-0.3, -0.25) is 0 Å². The van der Waals surface area contributed by atoms with Crippen molar-refractivity contribution in [1.29, 1.82) is 0 Å². The van der Waals surface area contributed by atoms with Gasteiger partial charge >= 0.3 is 0 Å². The molecule has 3 aliphatic rings. The van der Waals surface area contributed by atoms with Gasteiger partial charge in [-0.2, -0.15) is 0 Å². The maximum atomic E-state index is 5.42. The Balaban J connectivity index is 1.30. The van der Waals surface area contributed by atoms with E-state index in [0.717, 1.165) is 35.3 Å². The van der Waals surface area contributed by atoms with E-state index in [1.807, 2.05) is 0 Å². The minimum atomic E-state index is 0.939. The predicted molar refractivity (Wildman–Crippen MR) is 114 cm³/mol. The van der Waals surface area contributed by atoms with Crippen molar-refractivity contribution in [2.24, 2.45) is 29.6 Å². The Morgan fingerprint density at radius 1 is 0.852 bits per heavy atom. The van der Waals surface area contributed by atoms with Crippen LogP contribution >= 0.6 is 0 Å². The van der Waals surface area contributed by atoms with Crippen molar-refractivity contribution >= 4 is 0 Å². The van der Waals surface area contributed by atoms with E-state index in [1.54, 1.807) is 37.5 Å². The maximum absolute atomic E-state index is 5.42. The number of rotatable bonds is 6. The molecule has 0 saturated heterocycles.